The molecule has 2 rings (SSSR count). The van der Waals surface area contributed by atoms with E-state index in [1.807, 2.05) is 0 Å². The van der Waals surface area contributed by atoms with Crippen LogP contribution < -0.4 is 5.32 Å². The van der Waals surface area contributed by atoms with Crippen molar-refractivity contribution in [3.63, 3.8) is 0 Å². The van der Waals surface area contributed by atoms with Gasteiger partial charge in [-0.25, -0.2) is 0 Å². The maximum Gasteiger partial charge on any atom is 0.0328 e. The molecule has 0 atom stereocenters. The fraction of sp³-hybridized carbons (Fsp3) is 0.600. The van der Waals surface area contributed by atoms with Crippen molar-refractivity contribution in [2.75, 3.05) is 20.6 Å². The molecular formula is C15H23BrN2. The van der Waals surface area contributed by atoms with Gasteiger partial charge in [0.25, 0.3) is 0 Å². The molecule has 1 saturated carbocycles. The van der Waals surface area contributed by atoms with Crippen LogP contribution in [0.1, 0.15) is 30.4 Å². The van der Waals surface area contributed by atoms with Crippen LogP contribution in [0.15, 0.2) is 22.7 Å². The van der Waals surface area contributed by atoms with Crippen molar-refractivity contribution in [2.45, 2.75) is 38.3 Å². The highest BCUT2D eigenvalue weighted by molar-refractivity contribution is 9.10. The summed E-state index contributed by atoms with van der Waals surface area (Å²) in [5.74, 6) is 0. The summed E-state index contributed by atoms with van der Waals surface area (Å²) in [6.45, 7) is 4.19. The average molecular weight is 311 g/mol. The van der Waals surface area contributed by atoms with E-state index in [1.165, 1.54) is 34.9 Å². The predicted molar refractivity (Wildman–Crippen MR) is 80.9 cm³/mol. The van der Waals surface area contributed by atoms with Crippen molar-refractivity contribution in [1.82, 2.24) is 10.2 Å². The first kappa shape index (κ1) is 14.0. The zero-order chi connectivity index (χ0) is 13.2. The molecule has 0 aromatic heterocycles. The summed E-state index contributed by atoms with van der Waals surface area (Å²) < 4.78 is 1.19. The van der Waals surface area contributed by atoms with Crippen LogP contribution >= 0.6 is 15.9 Å². The van der Waals surface area contributed by atoms with E-state index in [9.17, 15) is 0 Å². The molecule has 0 radical (unpaired) electrons. The zero-order valence-electron chi connectivity index (χ0n) is 11.6. The molecule has 1 aliphatic rings. The maximum absolute atomic E-state index is 3.62. The van der Waals surface area contributed by atoms with E-state index in [4.69, 9.17) is 0 Å². The lowest BCUT2D eigenvalue weighted by molar-refractivity contribution is 0.0598. The zero-order valence-corrected chi connectivity index (χ0v) is 13.2. The molecule has 18 heavy (non-hydrogen) atoms. The van der Waals surface area contributed by atoms with Gasteiger partial charge >= 0.3 is 0 Å². The molecule has 100 valence electrons. The van der Waals surface area contributed by atoms with Crippen LogP contribution in [0.25, 0.3) is 0 Å². The first-order valence-corrected chi connectivity index (χ1v) is 7.46. The second kappa shape index (κ2) is 5.72. The van der Waals surface area contributed by atoms with Gasteiger partial charge in [-0.1, -0.05) is 28.1 Å². The van der Waals surface area contributed by atoms with Crippen molar-refractivity contribution < 1.29 is 0 Å². The Labute approximate surface area is 119 Å². The summed E-state index contributed by atoms with van der Waals surface area (Å²) in [4.78, 5) is 2.39. The Kier molecular flexibility index (Phi) is 4.46. The first-order chi connectivity index (χ1) is 8.53. The average Bonchev–Trinajstić information content (AvgIpc) is 2.26. The highest BCUT2D eigenvalue weighted by Gasteiger charge is 2.38. The van der Waals surface area contributed by atoms with E-state index in [0.717, 1.165) is 13.1 Å². The van der Waals surface area contributed by atoms with E-state index >= 15 is 0 Å². The SMILES string of the molecule is Cc1cc(CNCC2(N(C)C)CCC2)ccc1Br. The number of halogens is 1. The number of benzene rings is 1. The number of likely N-dealkylation sites (N-methyl/N-ethyl adjacent to an activating group) is 1. The Bertz CT molecular complexity index is 411. The Morgan fingerprint density at radius 1 is 1.33 bits per heavy atom. The van der Waals surface area contributed by atoms with Crippen molar-refractivity contribution in [3.05, 3.63) is 33.8 Å². The summed E-state index contributed by atoms with van der Waals surface area (Å²) in [5, 5.41) is 3.62. The minimum Gasteiger partial charge on any atom is -0.311 e. The normalized spacial score (nSPS) is 17.8. The second-order valence-electron chi connectivity index (χ2n) is 5.66. The molecule has 0 amide bonds. The van der Waals surface area contributed by atoms with Gasteiger partial charge in [0.05, 0.1) is 0 Å². The third kappa shape index (κ3) is 2.95. The molecule has 1 aromatic rings. The first-order valence-electron chi connectivity index (χ1n) is 6.67. The van der Waals surface area contributed by atoms with Gasteiger partial charge in [0.1, 0.15) is 0 Å². The molecule has 3 heteroatoms. The molecular weight excluding hydrogens is 288 g/mol. The Morgan fingerprint density at radius 3 is 2.56 bits per heavy atom. The van der Waals surface area contributed by atoms with E-state index < -0.39 is 0 Å². The quantitative estimate of drug-likeness (QED) is 0.897. The van der Waals surface area contributed by atoms with Crippen LogP contribution in [0.2, 0.25) is 0 Å². The van der Waals surface area contributed by atoms with Crippen LogP contribution in [0.4, 0.5) is 0 Å². The topological polar surface area (TPSA) is 15.3 Å². The van der Waals surface area contributed by atoms with Crippen LogP contribution in [0, 0.1) is 6.92 Å². The second-order valence-corrected chi connectivity index (χ2v) is 6.51. The van der Waals surface area contributed by atoms with Gasteiger partial charge in [0, 0.05) is 23.1 Å². The lowest BCUT2D eigenvalue weighted by Gasteiger charge is -2.47. The lowest BCUT2D eigenvalue weighted by Crippen LogP contribution is -2.56. The molecule has 0 bridgehead atoms. The highest BCUT2D eigenvalue weighted by Crippen LogP contribution is 2.35. The summed E-state index contributed by atoms with van der Waals surface area (Å²) in [7, 11) is 4.40. The third-order valence-corrected chi connectivity index (χ3v) is 5.13. The van der Waals surface area contributed by atoms with Gasteiger partial charge in [-0.05, 0) is 57.5 Å². The van der Waals surface area contributed by atoms with Gasteiger partial charge in [0.2, 0.25) is 0 Å². The number of aryl methyl sites for hydroxylation is 1. The molecule has 1 N–H and O–H groups in total. The molecule has 0 saturated heterocycles. The van der Waals surface area contributed by atoms with E-state index in [0.29, 0.717) is 5.54 Å². The number of hydrogen-bond donors (Lipinski definition) is 1. The van der Waals surface area contributed by atoms with Crippen LogP contribution in [0.3, 0.4) is 0 Å². The maximum atomic E-state index is 3.62. The van der Waals surface area contributed by atoms with Crippen LogP contribution in [-0.4, -0.2) is 31.1 Å². The Balaban J connectivity index is 1.86. The van der Waals surface area contributed by atoms with E-state index in [-0.39, 0.29) is 0 Å². The molecule has 2 nitrogen and oxygen atoms in total. The summed E-state index contributed by atoms with van der Waals surface area (Å²) in [6.07, 6.45) is 4.02. The van der Waals surface area contributed by atoms with Gasteiger partial charge in [-0.15, -0.1) is 0 Å². The van der Waals surface area contributed by atoms with Gasteiger partial charge < -0.3 is 10.2 Å². The molecule has 1 aromatic carbocycles. The van der Waals surface area contributed by atoms with Crippen molar-refractivity contribution in [3.8, 4) is 0 Å². The summed E-state index contributed by atoms with van der Waals surface area (Å²) in [6, 6.07) is 6.57. The largest absolute Gasteiger partial charge is 0.311 e. The summed E-state index contributed by atoms with van der Waals surface area (Å²) in [5.41, 5.74) is 3.08. The highest BCUT2D eigenvalue weighted by atomic mass is 79.9. The smallest absolute Gasteiger partial charge is 0.0328 e. The van der Waals surface area contributed by atoms with Gasteiger partial charge in [0.15, 0.2) is 0 Å². The molecule has 0 unspecified atom stereocenters. The van der Waals surface area contributed by atoms with E-state index in [1.54, 1.807) is 0 Å². The Hall–Kier alpha value is -0.380. The number of hydrogen-bond acceptors (Lipinski definition) is 2. The molecule has 0 aliphatic heterocycles. The molecule has 1 aliphatic carbocycles. The van der Waals surface area contributed by atoms with Crippen molar-refractivity contribution in [2.24, 2.45) is 0 Å². The van der Waals surface area contributed by atoms with Crippen LogP contribution in [0.5, 0.6) is 0 Å². The standard InChI is InChI=1S/C15H23BrN2/c1-12-9-13(5-6-14(12)16)10-17-11-15(18(2)3)7-4-8-15/h5-6,9,17H,4,7-8,10-11H2,1-3H3. The minimum atomic E-state index is 0.407. The molecule has 0 spiro atoms. The monoisotopic (exact) mass is 310 g/mol. The molecule has 1 fully saturated rings. The van der Waals surface area contributed by atoms with Crippen molar-refractivity contribution in [1.29, 1.82) is 0 Å². The van der Waals surface area contributed by atoms with Gasteiger partial charge in [-0.2, -0.15) is 0 Å². The van der Waals surface area contributed by atoms with Crippen molar-refractivity contribution >= 4 is 15.9 Å². The third-order valence-electron chi connectivity index (χ3n) is 4.24. The van der Waals surface area contributed by atoms with Crippen LogP contribution in [-0.2, 0) is 6.54 Å². The number of nitrogens with one attached hydrogen (secondary N) is 1. The molecule has 0 heterocycles. The lowest BCUT2D eigenvalue weighted by atomic mass is 9.75. The fourth-order valence-electron chi connectivity index (χ4n) is 2.62. The van der Waals surface area contributed by atoms with Gasteiger partial charge in [-0.3, -0.25) is 0 Å². The predicted octanol–water partition coefficient (Wildman–Crippen LogP) is 3.33. The fourth-order valence-corrected chi connectivity index (χ4v) is 2.87. The number of rotatable bonds is 5. The minimum absolute atomic E-state index is 0.407. The summed E-state index contributed by atoms with van der Waals surface area (Å²) >= 11 is 3.54. The number of nitrogens with zero attached hydrogens (tertiary/aromatic N) is 1. The Morgan fingerprint density at radius 2 is 2.06 bits per heavy atom. The van der Waals surface area contributed by atoms with E-state index in [2.05, 4.69) is 65.4 Å².